The van der Waals surface area contributed by atoms with Crippen molar-refractivity contribution in [1.82, 2.24) is 34.5 Å². The lowest BCUT2D eigenvalue weighted by molar-refractivity contribution is 0.0610. The third kappa shape index (κ3) is 5.63. The quantitative estimate of drug-likeness (QED) is 0.428. The highest BCUT2D eigenvalue weighted by atomic mass is 35.5. The van der Waals surface area contributed by atoms with Crippen molar-refractivity contribution in [1.29, 1.82) is 0 Å². The van der Waals surface area contributed by atoms with E-state index in [4.69, 9.17) is 41.2 Å². The maximum Gasteiger partial charge on any atom is 0.195 e. The van der Waals surface area contributed by atoms with Crippen LogP contribution in [0.15, 0.2) is 24.3 Å². The van der Waals surface area contributed by atoms with Gasteiger partial charge in [-0.3, -0.25) is 14.9 Å². The molecule has 37 heavy (non-hydrogen) atoms. The first-order chi connectivity index (χ1) is 17.8. The molecular formula is C25H33Cl2N9S. The fourth-order valence-electron chi connectivity index (χ4n) is 5.51. The smallest absolute Gasteiger partial charge is 0.195 e. The number of nitrogens with two attached hydrogens (primary N) is 1. The van der Waals surface area contributed by atoms with Crippen LogP contribution >= 0.6 is 35.4 Å². The SMILES string of the molecule is CC[C@H]1CN(c2nc(N)c(-c3n[nH]c(=S)n3C)nc2Cl)CCN1C1CCN(Cc2ccc(Cl)cc2)CC1. The molecule has 0 bridgehead atoms. The second-order valence-corrected chi connectivity index (χ2v) is 11.0. The molecule has 0 radical (unpaired) electrons. The Kier molecular flexibility index (Phi) is 8.02. The highest BCUT2D eigenvalue weighted by Gasteiger charge is 2.34. The Hall–Kier alpha value is -2.24. The van der Waals surface area contributed by atoms with Crippen LogP contribution in [0.1, 0.15) is 31.7 Å². The number of nitrogen functional groups attached to an aromatic ring is 1. The second kappa shape index (κ2) is 11.2. The summed E-state index contributed by atoms with van der Waals surface area (Å²) in [6.07, 6.45) is 3.42. The number of nitrogens with zero attached hydrogens (tertiary/aromatic N) is 7. The Bertz CT molecular complexity index is 1280. The molecule has 198 valence electrons. The van der Waals surface area contributed by atoms with Crippen LogP contribution in [0.4, 0.5) is 11.6 Å². The van der Waals surface area contributed by atoms with E-state index in [2.05, 4.69) is 53.9 Å². The molecule has 5 rings (SSSR count). The molecule has 0 spiro atoms. The minimum absolute atomic E-state index is 0.292. The number of nitrogens with one attached hydrogen (secondary N) is 1. The zero-order chi connectivity index (χ0) is 26.1. The molecule has 0 unspecified atom stereocenters. The van der Waals surface area contributed by atoms with Crippen molar-refractivity contribution >= 4 is 47.1 Å². The zero-order valence-corrected chi connectivity index (χ0v) is 23.5. The molecule has 1 atom stereocenters. The van der Waals surface area contributed by atoms with Crippen molar-refractivity contribution in [3.63, 3.8) is 0 Å². The molecule has 0 aliphatic carbocycles. The highest BCUT2D eigenvalue weighted by Crippen LogP contribution is 2.32. The minimum atomic E-state index is 0.292. The van der Waals surface area contributed by atoms with Gasteiger partial charge in [0.25, 0.3) is 0 Å². The van der Waals surface area contributed by atoms with E-state index >= 15 is 0 Å². The molecule has 2 fully saturated rings. The summed E-state index contributed by atoms with van der Waals surface area (Å²) in [6.45, 7) is 8.10. The van der Waals surface area contributed by atoms with Gasteiger partial charge in [0.05, 0.1) is 0 Å². The monoisotopic (exact) mass is 561 g/mol. The van der Waals surface area contributed by atoms with Crippen molar-refractivity contribution < 1.29 is 0 Å². The minimum Gasteiger partial charge on any atom is -0.382 e. The number of piperazine rings is 1. The van der Waals surface area contributed by atoms with Gasteiger partial charge in [-0.1, -0.05) is 42.3 Å². The molecule has 3 aromatic rings. The summed E-state index contributed by atoms with van der Waals surface area (Å²) in [7, 11) is 1.80. The molecule has 2 aliphatic heterocycles. The number of benzene rings is 1. The Labute approximate surface area is 232 Å². The van der Waals surface area contributed by atoms with Gasteiger partial charge in [0.1, 0.15) is 0 Å². The molecule has 12 heteroatoms. The van der Waals surface area contributed by atoms with Gasteiger partial charge in [-0.15, -0.1) is 0 Å². The van der Waals surface area contributed by atoms with Crippen LogP contribution in [-0.2, 0) is 13.6 Å². The standard InChI is InChI=1S/C25H33Cl2N9S/c1-3-18-15-35(24-21(27)29-20(22(28)30-24)23-31-32-25(37)33(23)2)12-13-36(18)19-8-10-34(11-9-19)14-16-4-6-17(26)7-5-16/h4-7,18-19H,3,8-15H2,1-2H3,(H2,28,30)(H,32,37)/t18-/m0/s1. The lowest BCUT2D eigenvalue weighted by Crippen LogP contribution is -2.58. The fourth-order valence-corrected chi connectivity index (χ4v) is 6.01. The normalized spacial score (nSPS) is 20.0. The van der Waals surface area contributed by atoms with Gasteiger partial charge in [0.15, 0.2) is 33.1 Å². The number of likely N-dealkylation sites (tertiary alicyclic amines) is 1. The van der Waals surface area contributed by atoms with Crippen LogP contribution in [-0.4, -0.2) is 79.3 Å². The van der Waals surface area contributed by atoms with Crippen LogP contribution in [0.5, 0.6) is 0 Å². The number of hydrogen-bond acceptors (Lipinski definition) is 8. The van der Waals surface area contributed by atoms with Gasteiger partial charge in [-0.05, 0) is 62.3 Å². The summed E-state index contributed by atoms with van der Waals surface area (Å²) in [5.74, 6) is 1.44. The average molecular weight is 563 g/mol. The Morgan fingerprint density at radius 2 is 1.81 bits per heavy atom. The fraction of sp³-hybridized carbons (Fsp3) is 0.520. The van der Waals surface area contributed by atoms with Crippen molar-refractivity contribution in [2.75, 3.05) is 43.4 Å². The molecule has 4 heterocycles. The molecule has 2 aromatic heterocycles. The number of anilines is 2. The van der Waals surface area contributed by atoms with Crippen molar-refractivity contribution in [2.24, 2.45) is 7.05 Å². The molecular weight excluding hydrogens is 529 g/mol. The first kappa shape index (κ1) is 26.4. The number of rotatable bonds is 6. The van der Waals surface area contributed by atoms with Crippen LogP contribution < -0.4 is 10.6 Å². The number of halogens is 2. The van der Waals surface area contributed by atoms with Crippen LogP contribution in [0.2, 0.25) is 10.2 Å². The predicted molar refractivity (Wildman–Crippen MR) is 152 cm³/mol. The van der Waals surface area contributed by atoms with Gasteiger partial charge in [-0.2, -0.15) is 5.10 Å². The summed E-state index contributed by atoms with van der Waals surface area (Å²) in [5, 5.41) is 8.09. The van der Waals surface area contributed by atoms with Crippen molar-refractivity contribution in [2.45, 2.75) is 44.8 Å². The lowest BCUT2D eigenvalue weighted by Gasteiger charge is -2.47. The third-order valence-electron chi connectivity index (χ3n) is 7.60. The van der Waals surface area contributed by atoms with E-state index in [1.165, 1.54) is 18.4 Å². The molecule has 9 nitrogen and oxygen atoms in total. The first-order valence-corrected chi connectivity index (χ1v) is 13.9. The van der Waals surface area contributed by atoms with Gasteiger partial charge in [0, 0.05) is 50.3 Å². The topological polar surface area (TPSA) is 95.1 Å². The summed E-state index contributed by atoms with van der Waals surface area (Å²) < 4.78 is 2.19. The van der Waals surface area contributed by atoms with Crippen LogP contribution in [0.3, 0.4) is 0 Å². The maximum atomic E-state index is 6.64. The number of H-pyrrole nitrogens is 1. The lowest BCUT2D eigenvalue weighted by atomic mass is 9.98. The van der Waals surface area contributed by atoms with E-state index in [1.807, 2.05) is 12.1 Å². The number of aromatic nitrogens is 5. The summed E-state index contributed by atoms with van der Waals surface area (Å²) in [4.78, 5) is 16.7. The van der Waals surface area contributed by atoms with E-state index in [-0.39, 0.29) is 0 Å². The van der Waals surface area contributed by atoms with Gasteiger partial charge >= 0.3 is 0 Å². The molecule has 2 aliphatic rings. The Morgan fingerprint density at radius 1 is 1.08 bits per heavy atom. The number of hydrogen-bond donors (Lipinski definition) is 2. The Morgan fingerprint density at radius 3 is 2.46 bits per heavy atom. The highest BCUT2D eigenvalue weighted by molar-refractivity contribution is 7.71. The van der Waals surface area contributed by atoms with Gasteiger partial charge in [0.2, 0.25) is 0 Å². The van der Waals surface area contributed by atoms with Crippen LogP contribution in [0, 0.1) is 4.77 Å². The van der Waals surface area contributed by atoms with E-state index in [9.17, 15) is 0 Å². The summed E-state index contributed by atoms with van der Waals surface area (Å²) in [5.41, 5.74) is 8.06. The average Bonchev–Trinajstić information content (AvgIpc) is 3.24. The van der Waals surface area contributed by atoms with Crippen molar-refractivity contribution in [3.05, 3.63) is 44.8 Å². The van der Waals surface area contributed by atoms with E-state index in [0.29, 0.717) is 45.2 Å². The predicted octanol–water partition coefficient (Wildman–Crippen LogP) is 4.39. The Balaban J connectivity index is 1.23. The molecule has 1 aromatic carbocycles. The number of aromatic amines is 1. The number of piperidine rings is 1. The molecule has 0 amide bonds. The van der Waals surface area contributed by atoms with E-state index in [1.54, 1.807) is 11.6 Å². The second-order valence-electron chi connectivity index (χ2n) is 9.86. The molecule has 0 saturated carbocycles. The van der Waals surface area contributed by atoms with E-state index in [0.717, 1.165) is 50.7 Å². The molecule has 2 saturated heterocycles. The molecule has 3 N–H and O–H groups in total. The van der Waals surface area contributed by atoms with Crippen LogP contribution in [0.25, 0.3) is 11.5 Å². The third-order valence-corrected chi connectivity index (χ3v) is 8.47. The summed E-state index contributed by atoms with van der Waals surface area (Å²) >= 11 is 17.9. The van der Waals surface area contributed by atoms with Gasteiger partial charge in [-0.25, -0.2) is 9.97 Å². The van der Waals surface area contributed by atoms with Crippen molar-refractivity contribution in [3.8, 4) is 11.5 Å². The zero-order valence-electron chi connectivity index (χ0n) is 21.2. The van der Waals surface area contributed by atoms with Gasteiger partial charge < -0.3 is 15.2 Å². The van der Waals surface area contributed by atoms with E-state index < -0.39 is 0 Å². The largest absolute Gasteiger partial charge is 0.382 e. The maximum absolute atomic E-state index is 6.64. The summed E-state index contributed by atoms with van der Waals surface area (Å²) in [6, 6.07) is 9.21. The first-order valence-electron chi connectivity index (χ1n) is 12.8.